The zero-order valence-corrected chi connectivity index (χ0v) is 19.6. The van der Waals surface area contributed by atoms with Gasteiger partial charge >= 0.3 is 0 Å². The number of hydrogen-bond acceptors (Lipinski definition) is 5. The second-order valence-electron chi connectivity index (χ2n) is 7.84. The molecule has 0 radical (unpaired) electrons. The lowest BCUT2D eigenvalue weighted by molar-refractivity contribution is -0.114. The summed E-state index contributed by atoms with van der Waals surface area (Å²) in [5.41, 5.74) is 2.50. The van der Waals surface area contributed by atoms with Crippen LogP contribution in [0.4, 0.5) is 17.1 Å². The Balaban J connectivity index is 1.22. The first kappa shape index (κ1) is 24.3. The van der Waals surface area contributed by atoms with Gasteiger partial charge < -0.3 is 25.4 Å². The van der Waals surface area contributed by atoms with Crippen molar-refractivity contribution in [2.75, 3.05) is 35.7 Å². The Labute approximate surface area is 210 Å². The molecular weight excluding hydrogens is 454 g/mol. The van der Waals surface area contributed by atoms with Gasteiger partial charge in [0.15, 0.2) is 0 Å². The molecule has 2 amide bonds. The van der Waals surface area contributed by atoms with Crippen molar-refractivity contribution in [2.45, 2.75) is 0 Å². The van der Waals surface area contributed by atoms with E-state index in [0.717, 1.165) is 11.4 Å². The number of hydrogen-bond donors (Lipinski definition) is 3. The van der Waals surface area contributed by atoms with E-state index in [0.29, 0.717) is 35.9 Å². The average molecular weight is 482 g/mol. The predicted octanol–water partition coefficient (Wildman–Crippen LogP) is 5.45. The number of rotatable bonds is 11. The van der Waals surface area contributed by atoms with Crippen LogP contribution >= 0.6 is 0 Å². The molecule has 0 spiro atoms. The van der Waals surface area contributed by atoms with Gasteiger partial charge in [0.25, 0.3) is 5.91 Å². The third kappa shape index (κ3) is 7.63. The van der Waals surface area contributed by atoms with Crippen LogP contribution < -0.4 is 25.4 Å². The van der Waals surface area contributed by atoms with E-state index in [1.54, 1.807) is 48.5 Å². The van der Waals surface area contributed by atoms with Gasteiger partial charge in [0.05, 0.1) is 6.54 Å². The van der Waals surface area contributed by atoms with Crippen LogP contribution in [0, 0.1) is 0 Å². The van der Waals surface area contributed by atoms with E-state index in [4.69, 9.17) is 9.47 Å². The lowest BCUT2D eigenvalue weighted by Crippen LogP contribution is -2.22. The molecule has 0 saturated heterocycles. The van der Waals surface area contributed by atoms with E-state index in [1.165, 1.54) is 0 Å². The van der Waals surface area contributed by atoms with Crippen LogP contribution in [0.15, 0.2) is 109 Å². The molecule has 4 rings (SSSR count). The van der Waals surface area contributed by atoms with Gasteiger partial charge in [0.1, 0.15) is 24.7 Å². The average Bonchev–Trinajstić information content (AvgIpc) is 2.91. The van der Waals surface area contributed by atoms with Crippen LogP contribution in [0.3, 0.4) is 0 Å². The van der Waals surface area contributed by atoms with E-state index in [2.05, 4.69) is 16.0 Å². The normalized spacial score (nSPS) is 10.2. The molecule has 0 aliphatic rings. The van der Waals surface area contributed by atoms with Crippen molar-refractivity contribution in [2.24, 2.45) is 0 Å². The molecule has 3 N–H and O–H groups in total. The fraction of sp³-hybridized carbons (Fsp3) is 0.103. The number of nitrogens with one attached hydrogen (secondary N) is 3. The highest BCUT2D eigenvalue weighted by atomic mass is 16.5. The lowest BCUT2D eigenvalue weighted by Gasteiger charge is -2.12. The third-order valence-electron chi connectivity index (χ3n) is 5.09. The Morgan fingerprint density at radius 1 is 0.583 bits per heavy atom. The minimum absolute atomic E-state index is 0.0706. The van der Waals surface area contributed by atoms with Crippen LogP contribution in [-0.4, -0.2) is 31.6 Å². The number of para-hydroxylation sites is 1. The zero-order chi connectivity index (χ0) is 25.0. The summed E-state index contributed by atoms with van der Waals surface area (Å²) >= 11 is 0. The van der Waals surface area contributed by atoms with Gasteiger partial charge in [-0.05, 0) is 54.6 Å². The summed E-state index contributed by atoms with van der Waals surface area (Å²) in [6.45, 7) is 0.895. The van der Waals surface area contributed by atoms with Crippen LogP contribution in [0.5, 0.6) is 11.5 Å². The number of anilines is 3. The molecule has 0 heterocycles. The SMILES string of the molecule is O=C(CNc1cccc(OCCOc2ccccc2)c1)Nc1cccc(NC(=O)c2ccccc2)c1. The summed E-state index contributed by atoms with van der Waals surface area (Å²) in [4.78, 5) is 24.8. The van der Waals surface area contributed by atoms with Crippen molar-refractivity contribution >= 4 is 28.9 Å². The maximum Gasteiger partial charge on any atom is 0.255 e. The summed E-state index contributed by atoms with van der Waals surface area (Å²) in [6.07, 6.45) is 0. The maximum atomic E-state index is 12.5. The van der Waals surface area contributed by atoms with Crippen LogP contribution in [0.25, 0.3) is 0 Å². The van der Waals surface area contributed by atoms with Gasteiger partial charge in [-0.2, -0.15) is 0 Å². The highest BCUT2D eigenvalue weighted by Crippen LogP contribution is 2.19. The highest BCUT2D eigenvalue weighted by molar-refractivity contribution is 6.04. The van der Waals surface area contributed by atoms with Crippen molar-refractivity contribution in [1.29, 1.82) is 0 Å². The van der Waals surface area contributed by atoms with Gasteiger partial charge in [0, 0.05) is 28.7 Å². The molecule has 0 atom stereocenters. The van der Waals surface area contributed by atoms with Gasteiger partial charge in [-0.3, -0.25) is 9.59 Å². The number of carbonyl (C=O) groups is 2. The fourth-order valence-corrected chi connectivity index (χ4v) is 3.39. The minimum Gasteiger partial charge on any atom is -0.490 e. The first-order valence-corrected chi connectivity index (χ1v) is 11.6. The predicted molar refractivity (Wildman–Crippen MR) is 142 cm³/mol. The number of ether oxygens (including phenoxy) is 2. The molecule has 0 unspecified atom stereocenters. The first-order chi connectivity index (χ1) is 17.7. The highest BCUT2D eigenvalue weighted by Gasteiger charge is 2.07. The van der Waals surface area contributed by atoms with Gasteiger partial charge in [-0.1, -0.05) is 48.5 Å². The van der Waals surface area contributed by atoms with Crippen molar-refractivity contribution < 1.29 is 19.1 Å². The summed E-state index contributed by atoms with van der Waals surface area (Å²) < 4.78 is 11.4. The van der Waals surface area contributed by atoms with Crippen molar-refractivity contribution in [3.05, 3.63) is 115 Å². The second kappa shape index (κ2) is 12.6. The number of benzene rings is 4. The molecule has 36 heavy (non-hydrogen) atoms. The smallest absolute Gasteiger partial charge is 0.255 e. The van der Waals surface area contributed by atoms with Crippen LogP contribution in [0.1, 0.15) is 10.4 Å². The summed E-state index contributed by atoms with van der Waals surface area (Å²) in [5, 5.41) is 8.77. The van der Waals surface area contributed by atoms with Gasteiger partial charge in [0.2, 0.25) is 5.91 Å². The Bertz CT molecular complexity index is 1280. The molecule has 0 fully saturated rings. The van der Waals surface area contributed by atoms with E-state index in [9.17, 15) is 9.59 Å². The molecule has 0 aliphatic carbocycles. The Morgan fingerprint density at radius 2 is 1.17 bits per heavy atom. The van der Waals surface area contributed by atoms with Gasteiger partial charge in [-0.15, -0.1) is 0 Å². The second-order valence-corrected chi connectivity index (χ2v) is 7.84. The minimum atomic E-state index is -0.218. The topological polar surface area (TPSA) is 88.7 Å². The molecule has 0 aromatic heterocycles. The monoisotopic (exact) mass is 481 g/mol. The molecule has 4 aromatic rings. The Morgan fingerprint density at radius 3 is 1.92 bits per heavy atom. The molecule has 0 saturated carbocycles. The largest absolute Gasteiger partial charge is 0.490 e. The summed E-state index contributed by atoms with van der Waals surface area (Å²) in [7, 11) is 0. The van der Waals surface area contributed by atoms with E-state index in [-0.39, 0.29) is 18.4 Å². The van der Waals surface area contributed by atoms with Gasteiger partial charge in [-0.25, -0.2) is 0 Å². The quantitative estimate of drug-likeness (QED) is 0.248. The first-order valence-electron chi connectivity index (χ1n) is 11.6. The van der Waals surface area contributed by atoms with Crippen molar-refractivity contribution in [1.82, 2.24) is 0 Å². The summed E-state index contributed by atoms with van der Waals surface area (Å²) in [5.74, 6) is 1.05. The van der Waals surface area contributed by atoms with Crippen molar-refractivity contribution in [3.63, 3.8) is 0 Å². The molecule has 7 nitrogen and oxygen atoms in total. The molecule has 7 heteroatoms. The molecule has 4 aromatic carbocycles. The fourth-order valence-electron chi connectivity index (χ4n) is 3.39. The van der Waals surface area contributed by atoms with E-state index >= 15 is 0 Å². The van der Waals surface area contributed by atoms with E-state index in [1.807, 2.05) is 60.7 Å². The maximum absolute atomic E-state index is 12.5. The molecular formula is C29H27N3O4. The number of amides is 2. The Kier molecular flexibility index (Phi) is 8.53. The standard InChI is InChI=1S/C29H27N3O4/c33-28(31-24-12-7-13-25(19-24)32-29(34)22-9-3-1-4-10-22)21-30-23-11-8-16-27(20-23)36-18-17-35-26-14-5-2-6-15-26/h1-16,19-20,30H,17-18,21H2,(H,31,33)(H,32,34). The van der Waals surface area contributed by atoms with E-state index < -0.39 is 0 Å². The third-order valence-corrected chi connectivity index (χ3v) is 5.09. The summed E-state index contributed by atoms with van der Waals surface area (Å²) in [6, 6.07) is 32.9. The number of carbonyl (C=O) groups excluding carboxylic acids is 2. The Hall–Kier alpha value is -4.78. The zero-order valence-electron chi connectivity index (χ0n) is 19.6. The van der Waals surface area contributed by atoms with Crippen molar-refractivity contribution in [3.8, 4) is 11.5 Å². The van der Waals surface area contributed by atoms with Crippen LogP contribution in [-0.2, 0) is 4.79 Å². The molecule has 0 aliphatic heterocycles. The molecule has 0 bridgehead atoms. The lowest BCUT2D eigenvalue weighted by atomic mass is 10.2. The molecule has 182 valence electrons. The van der Waals surface area contributed by atoms with Crippen LogP contribution in [0.2, 0.25) is 0 Å².